The number of ether oxygens (including phenoxy) is 1. The van der Waals surface area contributed by atoms with E-state index in [4.69, 9.17) is 27.9 Å². The number of nitrogens with one attached hydrogen (secondary N) is 2. The molecule has 3 rings (SSSR count). The van der Waals surface area contributed by atoms with Crippen molar-refractivity contribution in [3.63, 3.8) is 0 Å². The number of halogens is 2. The van der Waals surface area contributed by atoms with E-state index in [9.17, 15) is 13.2 Å². The predicted molar refractivity (Wildman–Crippen MR) is 124 cm³/mol. The molecule has 0 saturated carbocycles. The van der Waals surface area contributed by atoms with Gasteiger partial charge < -0.3 is 10.1 Å². The highest BCUT2D eigenvalue weighted by Crippen LogP contribution is 2.31. The smallest absolute Gasteiger partial charge is 0.261 e. The first kappa shape index (κ1) is 22.7. The van der Waals surface area contributed by atoms with Crippen molar-refractivity contribution in [2.75, 3.05) is 16.6 Å². The first-order chi connectivity index (χ1) is 14.8. The maximum atomic E-state index is 12.6. The minimum Gasteiger partial charge on any atom is -0.490 e. The Morgan fingerprint density at radius 2 is 1.68 bits per heavy atom. The summed E-state index contributed by atoms with van der Waals surface area (Å²) in [6, 6.07) is 17.0. The maximum Gasteiger partial charge on any atom is 0.261 e. The van der Waals surface area contributed by atoms with Crippen molar-refractivity contribution in [1.82, 2.24) is 0 Å². The van der Waals surface area contributed by atoms with Crippen molar-refractivity contribution in [1.29, 1.82) is 0 Å². The summed E-state index contributed by atoms with van der Waals surface area (Å²) in [6.07, 6.45) is 1.63. The van der Waals surface area contributed by atoms with Gasteiger partial charge in [0.15, 0.2) is 0 Å². The average Bonchev–Trinajstić information content (AvgIpc) is 2.76. The molecule has 1 amide bonds. The van der Waals surface area contributed by atoms with Crippen LogP contribution in [0.25, 0.3) is 0 Å². The highest BCUT2D eigenvalue weighted by Gasteiger charge is 2.17. The summed E-state index contributed by atoms with van der Waals surface area (Å²) in [5.74, 6) is 0.285. The molecule has 0 saturated heterocycles. The van der Waals surface area contributed by atoms with E-state index in [2.05, 4.69) is 16.6 Å². The SMILES string of the molecule is C=CCOc1ccc(C(=O)Nc2ccc(S(=O)(=O)Nc3cccc(Cl)c3Cl)cc2)cc1. The van der Waals surface area contributed by atoms with E-state index in [1.165, 1.54) is 30.3 Å². The lowest BCUT2D eigenvalue weighted by Gasteiger charge is -2.11. The van der Waals surface area contributed by atoms with Gasteiger partial charge in [-0.05, 0) is 60.7 Å². The van der Waals surface area contributed by atoms with Gasteiger partial charge in [0.25, 0.3) is 15.9 Å². The van der Waals surface area contributed by atoms with E-state index >= 15 is 0 Å². The van der Waals surface area contributed by atoms with Gasteiger partial charge in [-0.1, -0.05) is 41.9 Å². The van der Waals surface area contributed by atoms with Gasteiger partial charge in [0.2, 0.25) is 0 Å². The Labute approximate surface area is 190 Å². The molecule has 0 heterocycles. The van der Waals surface area contributed by atoms with Gasteiger partial charge in [-0.25, -0.2) is 8.42 Å². The van der Waals surface area contributed by atoms with Crippen molar-refractivity contribution in [2.24, 2.45) is 0 Å². The number of rotatable bonds is 8. The number of hydrogen-bond donors (Lipinski definition) is 2. The average molecular weight is 477 g/mol. The molecular formula is C22H18Cl2N2O4S. The first-order valence-electron chi connectivity index (χ1n) is 9.02. The van der Waals surface area contributed by atoms with Gasteiger partial charge in [0.05, 0.1) is 20.6 Å². The van der Waals surface area contributed by atoms with Crippen LogP contribution in [-0.2, 0) is 10.0 Å². The summed E-state index contributed by atoms with van der Waals surface area (Å²) >= 11 is 12.0. The van der Waals surface area contributed by atoms with Crippen LogP contribution in [0.4, 0.5) is 11.4 Å². The van der Waals surface area contributed by atoms with E-state index in [0.29, 0.717) is 23.6 Å². The molecule has 0 fully saturated rings. The van der Waals surface area contributed by atoms with Crippen LogP contribution in [0.5, 0.6) is 5.75 Å². The van der Waals surface area contributed by atoms with Crippen LogP contribution in [0.3, 0.4) is 0 Å². The minimum absolute atomic E-state index is 0.00487. The maximum absolute atomic E-state index is 12.6. The molecule has 160 valence electrons. The normalized spacial score (nSPS) is 10.9. The van der Waals surface area contributed by atoms with Crippen molar-refractivity contribution in [3.05, 3.63) is 95.0 Å². The molecular weight excluding hydrogens is 459 g/mol. The van der Waals surface area contributed by atoms with Crippen molar-refractivity contribution < 1.29 is 17.9 Å². The second kappa shape index (κ2) is 9.87. The highest BCUT2D eigenvalue weighted by molar-refractivity contribution is 7.92. The Balaban J connectivity index is 1.68. The van der Waals surface area contributed by atoms with Gasteiger partial charge in [0.1, 0.15) is 12.4 Å². The fourth-order valence-electron chi connectivity index (χ4n) is 2.56. The molecule has 0 unspecified atom stereocenters. The quantitative estimate of drug-likeness (QED) is 0.413. The number of carbonyl (C=O) groups excluding carboxylic acids is 1. The largest absolute Gasteiger partial charge is 0.490 e. The number of amides is 1. The van der Waals surface area contributed by atoms with E-state index in [1.807, 2.05) is 0 Å². The Bertz CT molecular complexity index is 1200. The molecule has 3 aromatic carbocycles. The van der Waals surface area contributed by atoms with Crippen LogP contribution in [0.15, 0.2) is 84.3 Å². The summed E-state index contributed by atoms with van der Waals surface area (Å²) in [4.78, 5) is 12.4. The lowest BCUT2D eigenvalue weighted by Crippen LogP contribution is -2.14. The number of anilines is 2. The molecule has 0 aliphatic carbocycles. The summed E-state index contributed by atoms with van der Waals surface area (Å²) in [7, 11) is -3.89. The second-order valence-electron chi connectivity index (χ2n) is 6.31. The molecule has 3 aromatic rings. The fourth-order valence-corrected chi connectivity index (χ4v) is 4.04. The summed E-state index contributed by atoms with van der Waals surface area (Å²) in [6.45, 7) is 3.95. The Hall–Kier alpha value is -3.00. The summed E-state index contributed by atoms with van der Waals surface area (Å²) in [5, 5.41) is 3.06. The molecule has 9 heteroatoms. The molecule has 0 aromatic heterocycles. The van der Waals surface area contributed by atoms with Crippen molar-refractivity contribution in [2.45, 2.75) is 4.90 Å². The first-order valence-corrected chi connectivity index (χ1v) is 11.3. The van der Waals surface area contributed by atoms with Gasteiger partial charge >= 0.3 is 0 Å². The number of benzene rings is 3. The third kappa shape index (κ3) is 5.79. The molecule has 0 aliphatic rings. The van der Waals surface area contributed by atoms with Crippen LogP contribution in [-0.4, -0.2) is 20.9 Å². The molecule has 0 atom stereocenters. The van der Waals surface area contributed by atoms with E-state index in [-0.39, 0.29) is 26.5 Å². The van der Waals surface area contributed by atoms with Crippen LogP contribution in [0.1, 0.15) is 10.4 Å². The van der Waals surface area contributed by atoms with Crippen LogP contribution in [0.2, 0.25) is 10.0 Å². The Morgan fingerprint density at radius 3 is 2.32 bits per heavy atom. The Morgan fingerprint density at radius 1 is 1.00 bits per heavy atom. The number of hydrogen-bond acceptors (Lipinski definition) is 4. The van der Waals surface area contributed by atoms with Crippen LogP contribution < -0.4 is 14.8 Å². The number of sulfonamides is 1. The van der Waals surface area contributed by atoms with Crippen LogP contribution >= 0.6 is 23.2 Å². The van der Waals surface area contributed by atoms with E-state index in [1.54, 1.807) is 42.5 Å². The third-order valence-electron chi connectivity index (χ3n) is 4.10. The van der Waals surface area contributed by atoms with E-state index in [0.717, 1.165) is 0 Å². The van der Waals surface area contributed by atoms with Gasteiger partial charge in [-0.3, -0.25) is 9.52 Å². The van der Waals surface area contributed by atoms with Gasteiger partial charge in [-0.15, -0.1) is 0 Å². The minimum atomic E-state index is -3.89. The zero-order valence-electron chi connectivity index (χ0n) is 16.1. The monoisotopic (exact) mass is 476 g/mol. The molecule has 0 bridgehead atoms. The zero-order valence-corrected chi connectivity index (χ0v) is 18.5. The van der Waals surface area contributed by atoms with Gasteiger partial charge in [0, 0.05) is 11.3 Å². The number of carbonyl (C=O) groups is 1. The highest BCUT2D eigenvalue weighted by atomic mass is 35.5. The van der Waals surface area contributed by atoms with E-state index < -0.39 is 10.0 Å². The molecule has 2 N–H and O–H groups in total. The molecule has 0 aliphatic heterocycles. The lowest BCUT2D eigenvalue weighted by atomic mass is 10.2. The van der Waals surface area contributed by atoms with Crippen molar-refractivity contribution >= 4 is 50.5 Å². The predicted octanol–water partition coefficient (Wildman–Crippen LogP) is 5.61. The van der Waals surface area contributed by atoms with Gasteiger partial charge in [-0.2, -0.15) is 0 Å². The standard InChI is InChI=1S/C22H18Cl2N2O4S/c1-2-14-30-17-10-6-15(7-11-17)22(27)25-16-8-12-18(13-9-16)31(28,29)26-20-5-3-4-19(23)21(20)24/h2-13,26H,1,14H2,(H,25,27). The molecule has 0 radical (unpaired) electrons. The second-order valence-corrected chi connectivity index (χ2v) is 8.78. The molecule has 0 spiro atoms. The molecule has 6 nitrogen and oxygen atoms in total. The third-order valence-corrected chi connectivity index (χ3v) is 6.30. The zero-order chi connectivity index (χ0) is 22.4. The van der Waals surface area contributed by atoms with Crippen molar-refractivity contribution in [3.8, 4) is 5.75 Å². The summed E-state index contributed by atoms with van der Waals surface area (Å²) < 4.78 is 33.0. The van der Waals surface area contributed by atoms with Crippen LogP contribution in [0, 0.1) is 0 Å². The summed E-state index contributed by atoms with van der Waals surface area (Å²) in [5.41, 5.74) is 1.05. The molecule has 31 heavy (non-hydrogen) atoms. The lowest BCUT2D eigenvalue weighted by molar-refractivity contribution is 0.102. The Kier molecular flexibility index (Phi) is 7.22. The fraction of sp³-hybridized carbons (Fsp3) is 0.0455. The topological polar surface area (TPSA) is 84.5 Å².